The van der Waals surface area contributed by atoms with E-state index in [1.807, 2.05) is 18.7 Å². The fourth-order valence-corrected chi connectivity index (χ4v) is 2.73. The Labute approximate surface area is 133 Å². The normalized spacial score (nSPS) is 22.3. The maximum Gasteiger partial charge on any atom is 0.294 e. The van der Waals surface area contributed by atoms with E-state index in [1.165, 1.54) is 18.2 Å². The standard InChI is InChI=1S/C14H18ClN3O4/c1-9-6-17(7-10(2)22-9)8-14(19)16-12-4-3-11(15)5-13(12)18(20)21/h3-5,9-10H,6-8H2,1-2H3,(H,16,19)/t9-,10+. The van der Waals surface area contributed by atoms with Crippen LogP contribution in [0, 0.1) is 10.1 Å². The first-order valence-electron chi connectivity index (χ1n) is 6.96. The molecule has 1 aliphatic rings. The molecule has 2 rings (SSSR count). The van der Waals surface area contributed by atoms with E-state index in [9.17, 15) is 14.9 Å². The summed E-state index contributed by atoms with van der Waals surface area (Å²) in [5.74, 6) is -0.299. The Morgan fingerprint density at radius 3 is 2.68 bits per heavy atom. The summed E-state index contributed by atoms with van der Waals surface area (Å²) in [6.45, 7) is 5.37. The smallest absolute Gasteiger partial charge is 0.294 e. The second-order valence-corrected chi connectivity index (χ2v) is 5.85. The molecule has 0 bridgehead atoms. The predicted octanol–water partition coefficient (Wildman–Crippen LogP) is 2.30. The molecule has 22 heavy (non-hydrogen) atoms. The molecule has 0 radical (unpaired) electrons. The van der Waals surface area contributed by atoms with Crippen LogP contribution in [-0.4, -0.2) is 47.6 Å². The lowest BCUT2D eigenvalue weighted by Crippen LogP contribution is -2.48. The molecular weight excluding hydrogens is 310 g/mol. The molecule has 0 aliphatic carbocycles. The minimum atomic E-state index is -0.569. The fourth-order valence-electron chi connectivity index (χ4n) is 2.57. The van der Waals surface area contributed by atoms with Crippen molar-refractivity contribution < 1.29 is 14.5 Å². The van der Waals surface area contributed by atoms with Crippen LogP contribution in [0.4, 0.5) is 11.4 Å². The summed E-state index contributed by atoms with van der Waals surface area (Å²) in [5.41, 5.74) is -0.0710. The van der Waals surface area contributed by atoms with Crippen molar-refractivity contribution in [1.82, 2.24) is 4.90 Å². The van der Waals surface area contributed by atoms with Crippen LogP contribution in [0.1, 0.15) is 13.8 Å². The van der Waals surface area contributed by atoms with Crippen LogP contribution in [0.25, 0.3) is 0 Å². The number of anilines is 1. The molecule has 2 atom stereocenters. The molecule has 1 aromatic rings. The number of carbonyl (C=O) groups is 1. The van der Waals surface area contributed by atoms with Gasteiger partial charge in [-0.15, -0.1) is 0 Å². The highest BCUT2D eigenvalue weighted by Gasteiger charge is 2.24. The van der Waals surface area contributed by atoms with Crippen LogP contribution >= 0.6 is 11.6 Å². The Morgan fingerprint density at radius 1 is 1.45 bits per heavy atom. The number of rotatable bonds is 4. The number of amides is 1. The largest absolute Gasteiger partial charge is 0.373 e. The van der Waals surface area contributed by atoms with E-state index in [-0.39, 0.29) is 41.1 Å². The predicted molar refractivity (Wildman–Crippen MR) is 83.2 cm³/mol. The third kappa shape index (κ3) is 4.40. The number of nitro benzene ring substituents is 1. The topological polar surface area (TPSA) is 84.7 Å². The molecule has 8 heteroatoms. The van der Waals surface area contributed by atoms with Gasteiger partial charge < -0.3 is 10.1 Å². The summed E-state index contributed by atoms with van der Waals surface area (Å²) in [6, 6.07) is 4.15. The lowest BCUT2D eigenvalue weighted by molar-refractivity contribution is -0.383. The lowest BCUT2D eigenvalue weighted by Gasteiger charge is -2.34. The zero-order valence-electron chi connectivity index (χ0n) is 12.4. The second kappa shape index (κ2) is 7.04. The first kappa shape index (κ1) is 16.7. The van der Waals surface area contributed by atoms with Crippen LogP contribution in [0.2, 0.25) is 5.02 Å². The second-order valence-electron chi connectivity index (χ2n) is 5.42. The number of nitro groups is 1. The van der Waals surface area contributed by atoms with Gasteiger partial charge in [0.2, 0.25) is 5.91 Å². The minimum Gasteiger partial charge on any atom is -0.373 e. The molecule has 1 amide bonds. The highest BCUT2D eigenvalue weighted by Crippen LogP contribution is 2.27. The number of hydrogen-bond donors (Lipinski definition) is 1. The molecule has 1 aliphatic heterocycles. The number of ether oxygens (including phenoxy) is 1. The molecule has 1 heterocycles. The summed E-state index contributed by atoms with van der Waals surface area (Å²) in [5, 5.41) is 13.8. The van der Waals surface area contributed by atoms with Gasteiger partial charge in [-0.05, 0) is 26.0 Å². The van der Waals surface area contributed by atoms with Gasteiger partial charge in [0.25, 0.3) is 5.69 Å². The van der Waals surface area contributed by atoms with Gasteiger partial charge in [-0.2, -0.15) is 0 Å². The average molecular weight is 328 g/mol. The minimum absolute atomic E-state index is 0.0569. The first-order chi connectivity index (χ1) is 10.3. The number of morpholine rings is 1. The Kier molecular flexibility index (Phi) is 5.33. The number of benzene rings is 1. The number of hydrogen-bond acceptors (Lipinski definition) is 5. The van der Waals surface area contributed by atoms with Crippen molar-refractivity contribution in [2.75, 3.05) is 25.0 Å². The van der Waals surface area contributed by atoms with E-state index in [4.69, 9.17) is 16.3 Å². The van der Waals surface area contributed by atoms with Crippen molar-refractivity contribution in [3.63, 3.8) is 0 Å². The van der Waals surface area contributed by atoms with Crippen molar-refractivity contribution in [2.24, 2.45) is 0 Å². The average Bonchev–Trinajstić information content (AvgIpc) is 2.39. The molecule has 1 aromatic carbocycles. The van der Waals surface area contributed by atoms with Crippen molar-refractivity contribution in [1.29, 1.82) is 0 Å². The van der Waals surface area contributed by atoms with Gasteiger partial charge in [0, 0.05) is 24.2 Å². The molecule has 0 aromatic heterocycles. The summed E-state index contributed by atoms with van der Waals surface area (Å²) in [7, 11) is 0. The third-order valence-corrected chi connectivity index (χ3v) is 3.53. The van der Waals surface area contributed by atoms with Crippen LogP contribution in [0.15, 0.2) is 18.2 Å². The monoisotopic (exact) mass is 327 g/mol. The van der Waals surface area contributed by atoms with E-state index >= 15 is 0 Å². The molecule has 1 saturated heterocycles. The molecule has 1 fully saturated rings. The van der Waals surface area contributed by atoms with Crippen LogP contribution in [0.3, 0.4) is 0 Å². The van der Waals surface area contributed by atoms with Gasteiger partial charge in [-0.1, -0.05) is 11.6 Å². The Balaban J connectivity index is 2.02. The third-order valence-electron chi connectivity index (χ3n) is 3.29. The molecule has 7 nitrogen and oxygen atoms in total. The number of halogens is 1. The van der Waals surface area contributed by atoms with E-state index in [0.29, 0.717) is 13.1 Å². The maximum absolute atomic E-state index is 12.1. The maximum atomic E-state index is 12.1. The van der Waals surface area contributed by atoms with E-state index < -0.39 is 4.92 Å². The molecule has 0 spiro atoms. The molecule has 0 saturated carbocycles. The summed E-state index contributed by atoms with van der Waals surface area (Å²) < 4.78 is 5.60. The van der Waals surface area contributed by atoms with Crippen LogP contribution in [-0.2, 0) is 9.53 Å². The lowest BCUT2D eigenvalue weighted by atomic mass is 10.2. The van der Waals surface area contributed by atoms with Gasteiger partial charge in [0.1, 0.15) is 5.69 Å². The van der Waals surface area contributed by atoms with E-state index in [1.54, 1.807) is 0 Å². The Morgan fingerprint density at radius 2 is 2.09 bits per heavy atom. The number of nitrogens with zero attached hydrogens (tertiary/aromatic N) is 2. The van der Waals surface area contributed by atoms with Crippen molar-refractivity contribution in [3.05, 3.63) is 33.3 Å². The zero-order chi connectivity index (χ0) is 16.3. The Bertz CT molecular complexity index is 571. The van der Waals surface area contributed by atoms with Crippen molar-refractivity contribution >= 4 is 28.9 Å². The fraction of sp³-hybridized carbons (Fsp3) is 0.500. The van der Waals surface area contributed by atoms with Crippen LogP contribution in [0.5, 0.6) is 0 Å². The zero-order valence-corrected chi connectivity index (χ0v) is 13.2. The van der Waals surface area contributed by atoms with Gasteiger partial charge in [-0.3, -0.25) is 19.8 Å². The Hall–Kier alpha value is -1.70. The van der Waals surface area contributed by atoms with E-state index in [0.717, 1.165) is 0 Å². The summed E-state index contributed by atoms with van der Waals surface area (Å²) in [6.07, 6.45) is 0.114. The van der Waals surface area contributed by atoms with Gasteiger partial charge in [-0.25, -0.2) is 0 Å². The number of nitrogens with one attached hydrogen (secondary N) is 1. The highest BCUT2D eigenvalue weighted by atomic mass is 35.5. The first-order valence-corrected chi connectivity index (χ1v) is 7.34. The van der Waals surface area contributed by atoms with E-state index in [2.05, 4.69) is 5.32 Å². The summed E-state index contributed by atoms with van der Waals surface area (Å²) >= 11 is 5.75. The van der Waals surface area contributed by atoms with Crippen molar-refractivity contribution in [2.45, 2.75) is 26.1 Å². The van der Waals surface area contributed by atoms with Gasteiger partial charge >= 0.3 is 0 Å². The van der Waals surface area contributed by atoms with Crippen LogP contribution < -0.4 is 5.32 Å². The molecule has 0 unspecified atom stereocenters. The number of carbonyl (C=O) groups excluding carboxylic acids is 1. The molecule has 1 N–H and O–H groups in total. The van der Waals surface area contributed by atoms with Gasteiger partial charge in [0.15, 0.2) is 0 Å². The molecular formula is C14H18ClN3O4. The SMILES string of the molecule is C[C@@H]1CN(CC(=O)Nc2ccc(Cl)cc2[N+](=O)[O-])C[C@H](C)O1. The summed E-state index contributed by atoms with van der Waals surface area (Å²) in [4.78, 5) is 24.5. The molecule has 120 valence electrons. The van der Waals surface area contributed by atoms with Crippen molar-refractivity contribution in [3.8, 4) is 0 Å². The van der Waals surface area contributed by atoms with Gasteiger partial charge in [0.05, 0.1) is 23.7 Å². The highest BCUT2D eigenvalue weighted by molar-refractivity contribution is 6.31. The quantitative estimate of drug-likeness (QED) is 0.677.